The van der Waals surface area contributed by atoms with E-state index in [9.17, 15) is 19.1 Å². The van der Waals surface area contributed by atoms with Crippen LogP contribution >= 0.6 is 34.5 Å². The lowest BCUT2D eigenvalue weighted by Gasteiger charge is -2.34. The SMILES string of the molecule is Cc1[nH]c(C(=O)N[C@@H]2CCN(c3nc(-c4cn(C)cn4)c(C(=O)O)s3)C[C@@H]2F)c(Cl)c1Cl. The van der Waals surface area contributed by atoms with E-state index in [4.69, 9.17) is 23.2 Å². The molecule has 0 bridgehead atoms. The fourth-order valence-corrected chi connectivity index (χ4v) is 4.87. The number of amides is 1. The van der Waals surface area contributed by atoms with Crippen LogP contribution in [0.5, 0.6) is 0 Å². The van der Waals surface area contributed by atoms with Crippen LogP contribution in [0, 0.1) is 6.92 Å². The molecule has 1 saturated heterocycles. The number of imidazole rings is 1. The number of aryl methyl sites for hydroxylation is 2. The summed E-state index contributed by atoms with van der Waals surface area (Å²) in [7, 11) is 1.77. The summed E-state index contributed by atoms with van der Waals surface area (Å²) in [5.74, 6) is -1.66. The van der Waals surface area contributed by atoms with E-state index in [2.05, 4.69) is 20.3 Å². The van der Waals surface area contributed by atoms with Gasteiger partial charge in [-0.25, -0.2) is 19.2 Å². The number of rotatable bonds is 5. The van der Waals surface area contributed by atoms with Crippen molar-refractivity contribution in [3.8, 4) is 11.4 Å². The highest BCUT2D eigenvalue weighted by Crippen LogP contribution is 2.34. The summed E-state index contributed by atoms with van der Waals surface area (Å²) in [5, 5.41) is 13.0. The number of H-pyrrole nitrogens is 1. The topological polar surface area (TPSA) is 116 Å². The van der Waals surface area contributed by atoms with E-state index in [1.165, 1.54) is 0 Å². The first-order chi connectivity index (χ1) is 15.2. The Morgan fingerprint density at radius 2 is 2.12 bits per heavy atom. The number of anilines is 1. The molecule has 4 heterocycles. The Balaban J connectivity index is 1.48. The van der Waals surface area contributed by atoms with Gasteiger partial charge in [0, 0.05) is 25.5 Å². The van der Waals surface area contributed by atoms with Gasteiger partial charge in [0.25, 0.3) is 5.91 Å². The molecule has 0 aromatic carbocycles. The Morgan fingerprint density at radius 1 is 1.38 bits per heavy atom. The molecule has 1 aliphatic rings. The summed E-state index contributed by atoms with van der Waals surface area (Å²) in [6.45, 7) is 2.02. The van der Waals surface area contributed by atoms with Gasteiger partial charge in [0.05, 0.1) is 29.0 Å². The van der Waals surface area contributed by atoms with Gasteiger partial charge in [-0.05, 0) is 13.3 Å². The predicted octanol–water partition coefficient (Wildman–Crippen LogP) is 3.53. The highest BCUT2D eigenvalue weighted by molar-refractivity contribution is 7.17. The van der Waals surface area contributed by atoms with Crippen molar-refractivity contribution in [3.05, 3.63) is 38.8 Å². The van der Waals surface area contributed by atoms with Crippen LogP contribution in [0.1, 0.15) is 32.3 Å². The zero-order valence-corrected chi connectivity index (χ0v) is 19.4. The van der Waals surface area contributed by atoms with Gasteiger partial charge < -0.3 is 24.9 Å². The minimum absolute atomic E-state index is 0.0400. The highest BCUT2D eigenvalue weighted by atomic mass is 35.5. The lowest BCUT2D eigenvalue weighted by atomic mass is 10.0. The molecule has 1 aliphatic heterocycles. The molecule has 3 aromatic heterocycles. The molecule has 1 fully saturated rings. The molecule has 3 N–H and O–H groups in total. The van der Waals surface area contributed by atoms with Crippen molar-refractivity contribution in [2.45, 2.75) is 25.6 Å². The van der Waals surface area contributed by atoms with Crippen LogP contribution in [0.3, 0.4) is 0 Å². The summed E-state index contributed by atoms with van der Waals surface area (Å²) in [6, 6.07) is -0.730. The molecule has 0 unspecified atom stereocenters. The number of nitrogens with zero attached hydrogens (tertiary/aromatic N) is 4. The molecule has 1 amide bonds. The van der Waals surface area contributed by atoms with Crippen molar-refractivity contribution in [3.63, 3.8) is 0 Å². The number of aromatic carboxylic acids is 1. The van der Waals surface area contributed by atoms with Gasteiger partial charge in [-0.15, -0.1) is 0 Å². The molecule has 170 valence electrons. The molecule has 9 nitrogen and oxygen atoms in total. The van der Waals surface area contributed by atoms with E-state index in [0.717, 1.165) is 11.3 Å². The van der Waals surface area contributed by atoms with Crippen LogP contribution in [0.25, 0.3) is 11.4 Å². The third-order valence-electron chi connectivity index (χ3n) is 5.17. The van der Waals surface area contributed by atoms with E-state index in [0.29, 0.717) is 29.5 Å². The van der Waals surface area contributed by atoms with Gasteiger partial charge in [0.1, 0.15) is 28.1 Å². The molecule has 0 saturated carbocycles. The normalized spacial score (nSPS) is 18.7. The van der Waals surface area contributed by atoms with Gasteiger partial charge in [0.15, 0.2) is 5.13 Å². The molecule has 32 heavy (non-hydrogen) atoms. The number of halogens is 3. The first kappa shape index (κ1) is 22.6. The molecule has 2 atom stereocenters. The van der Waals surface area contributed by atoms with E-state index < -0.39 is 24.1 Å². The smallest absolute Gasteiger partial charge is 0.348 e. The van der Waals surface area contributed by atoms with E-state index >= 15 is 0 Å². The summed E-state index contributed by atoms with van der Waals surface area (Å²) in [5.41, 5.74) is 1.32. The number of piperidine rings is 1. The number of carbonyl (C=O) groups excluding carboxylic acids is 1. The molecule has 13 heteroatoms. The maximum atomic E-state index is 15.0. The fourth-order valence-electron chi connectivity index (χ4n) is 3.51. The third kappa shape index (κ3) is 4.19. The average Bonchev–Trinajstić information content (AvgIpc) is 3.44. The molecular formula is C19H19Cl2FN6O3S. The number of aromatic amines is 1. The lowest BCUT2D eigenvalue weighted by molar-refractivity contribution is 0.0702. The van der Waals surface area contributed by atoms with Crippen molar-refractivity contribution >= 4 is 51.5 Å². The van der Waals surface area contributed by atoms with Gasteiger partial charge in [-0.1, -0.05) is 34.5 Å². The molecule has 0 spiro atoms. The Labute approximate surface area is 196 Å². The average molecular weight is 501 g/mol. The minimum Gasteiger partial charge on any atom is -0.477 e. The van der Waals surface area contributed by atoms with Crippen molar-refractivity contribution in [1.29, 1.82) is 0 Å². The van der Waals surface area contributed by atoms with Crippen molar-refractivity contribution in [1.82, 2.24) is 24.8 Å². The maximum absolute atomic E-state index is 15.0. The van der Waals surface area contributed by atoms with Gasteiger partial charge in [-0.3, -0.25) is 4.79 Å². The Morgan fingerprint density at radius 3 is 2.69 bits per heavy atom. The molecule has 0 radical (unpaired) electrons. The van der Waals surface area contributed by atoms with Gasteiger partial charge >= 0.3 is 5.97 Å². The second-order valence-electron chi connectivity index (χ2n) is 7.49. The largest absolute Gasteiger partial charge is 0.477 e. The Bertz CT molecular complexity index is 1190. The van der Waals surface area contributed by atoms with E-state index in [1.807, 2.05) is 0 Å². The Hall–Kier alpha value is -2.63. The van der Waals surface area contributed by atoms with Crippen LogP contribution < -0.4 is 10.2 Å². The summed E-state index contributed by atoms with van der Waals surface area (Å²) in [4.78, 5) is 37.4. The number of aromatic nitrogens is 4. The Kier molecular flexibility index (Phi) is 6.15. The maximum Gasteiger partial charge on any atom is 0.348 e. The van der Waals surface area contributed by atoms with Crippen LogP contribution in [0.4, 0.5) is 9.52 Å². The van der Waals surface area contributed by atoms with Crippen LogP contribution in [-0.4, -0.2) is 61.8 Å². The second-order valence-corrected chi connectivity index (χ2v) is 9.22. The number of nitrogens with one attached hydrogen (secondary N) is 2. The number of carboxylic acid groups (broad SMARTS) is 1. The minimum atomic E-state index is -1.39. The number of hydrogen-bond donors (Lipinski definition) is 3. The quantitative estimate of drug-likeness (QED) is 0.493. The molecule has 3 aromatic rings. The van der Waals surface area contributed by atoms with Crippen LogP contribution in [0.2, 0.25) is 10.0 Å². The lowest BCUT2D eigenvalue weighted by Crippen LogP contribution is -2.52. The number of hydrogen-bond acceptors (Lipinski definition) is 6. The van der Waals surface area contributed by atoms with Crippen molar-refractivity contribution in [2.24, 2.45) is 7.05 Å². The van der Waals surface area contributed by atoms with Crippen LogP contribution in [-0.2, 0) is 7.05 Å². The summed E-state index contributed by atoms with van der Waals surface area (Å²) >= 11 is 13.1. The first-order valence-corrected chi connectivity index (χ1v) is 11.2. The van der Waals surface area contributed by atoms with E-state index in [-0.39, 0.29) is 32.9 Å². The summed E-state index contributed by atoms with van der Waals surface area (Å²) in [6.07, 6.45) is 2.13. The molecule has 4 rings (SSSR count). The van der Waals surface area contributed by atoms with E-state index in [1.54, 1.807) is 36.0 Å². The van der Waals surface area contributed by atoms with Crippen molar-refractivity contribution < 1.29 is 19.1 Å². The third-order valence-corrected chi connectivity index (χ3v) is 7.22. The number of carboxylic acids is 1. The monoisotopic (exact) mass is 500 g/mol. The molecule has 0 aliphatic carbocycles. The zero-order valence-electron chi connectivity index (χ0n) is 17.0. The zero-order chi connectivity index (χ0) is 23.2. The number of carbonyl (C=O) groups is 2. The first-order valence-electron chi connectivity index (χ1n) is 9.61. The highest BCUT2D eigenvalue weighted by Gasteiger charge is 2.34. The van der Waals surface area contributed by atoms with Gasteiger partial charge in [0.2, 0.25) is 0 Å². The number of thiazole rings is 1. The van der Waals surface area contributed by atoms with Crippen molar-refractivity contribution in [2.75, 3.05) is 18.0 Å². The number of alkyl halides is 1. The summed E-state index contributed by atoms with van der Waals surface area (Å²) < 4.78 is 16.6. The second kappa shape index (κ2) is 8.72. The van der Waals surface area contributed by atoms with Gasteiger partial charge in [-0.2, -0.15) is 0 Å². The molecular weight excluding hydrogens is 482 g/mol. The van der Waals surface area contributed by atoms with Crippen LogP contribution in [0.15, 0.2) is 12.5 Å². The fraction of sp³-hybridized carbons (Fsp3) is 0.368. The predicted molar refractivity (Wildman–Crippen MR) is 120 cm³/mol. The standard InChI is InChI=1S/C19H19Cl2FN6O3S/c1-8-12(20)13(21)15(24-8)17(29)25-10-3-4-28(5-9(10)22)19-26-14(16(32-19)18(30)31)11-6-27(2)7-23-11/h6-7,9-10,24H,3-5H2,1-2H3,(H,25,29)(H,30,31)/t9-,10+/m0/s1.